The molecule has 0 radical (unpaired) electrons. The van der Waals surface area contributed by atoms with E-state index in [9.17, 15) is 22.8 Å². The zero-order chi connectivity index (χ0) is 21.2. The number of nitrogens with one attached hydrogen (secondary N) is 1. The predicted octanol–water partition coefficient (Wildman–Crippen LogP) is 2.87. The number of urea groups is 1. The third kappa shape index (κ3) is 4.38. The minimum atomic E-state index is -4.70. The van der Waals surface area contributed by atoms with Gasteiger partial charge in [0.05, 0.1) is 18.3 Å². The minimum Gasteiger partial charge on any atom is -0.492 e. The van der Waals surface area contributed by atoms with Crippen LogP contribution in [0.5, 0.6) is 5.75 Å². The first kappa shape index (κ1) is 20.7. The van der Waals surface area contributed by atoms with Crippen molar-refractivity contribution < 1.29 is 22.7 Å². The molecule has 1 aliphatic heterocycles. The van der Waals surface area contributed by atoms with E-state index in [1.54, 1.807) is 29.2 Å². The number of hydrogen-bond acceptors (Lipinski definition) is 4. The van der Waals surface area contributed by atoms with Gasteiger partial charge in [0.15, 0.2) is 0 Å². The number of likely N-dealkylation sites (tertiary alicyclic amines) is 1. The lowest BCUT2D eigenvalue weighted by atomic mass is 10.1. The van der Waals surface area contributed by atoms with Gasteiger partial charge in [-0.25, -0.2) is 14.3 Å². The molecule has 0 spiro atoms. The molecule has 0 atom stereocenters. The van der Waals surface area contributed by atoms with Crippen LogP contribution in [-0.4, -0.2) is 45.0 Å². The molecule has 2 amide bonds. The second kappa shape index (κ2) is 8.18. The number of piperidine rings is 1. The van der Waals surface area contributed by atoms with Crippen LogP contribution in [0, 0.1) is 0 Å². The third-order valence-corrected chi connectivity index (χ3v) is 4.78. The number of amides is 2. The number of carbonyl (C=O) groups is 1. The summed E-state index contributed by atoms with van der Waals surface area (Å²) in [6.07, 6.45) is -4.04. The highest BCUT2D eigenvalue weighted by Gasteiger charge is 2.39. The van der Waals surface area contributed by atoms with E-state index < -0.39 is 23.7 Å². The van der Waals surface area contributed by atoms with Crippen molar-refractivity contribution >= 4 is 11.7 Å². The summed E-state index contributed by atoms with van der Waals surface area (Å²) in [7, 11) is 1.05. The van der Waals surface area contributed by atoms with E-state index in [0.717, 1.165) is 11.7 Å². The van der Waals surface area contributed by atoms with Crippen LogP contribution in [0.3, 0.4) is 0 Å². The summed E-state index contributed by atoms with van der Waals surface area (Å²) < 4.78 is 45.8. The molecule has 1 fully saturated rings. The maximum Gasteiger partial charge on any atom is 0.451 e. The fourth-order valence-corrected chi connectivity index (χ4v) is 3.30. The Hall–Kier alpha value is -2.98. The molecule has 2 heterocycles. The number of benzene rings is 1. The first-order valence-electron chi connectivity index (χ1n) is 9.22. The number of anilines is 1. The van der Waals surface area contributed by atoms with Gasteiger partial charge in [-0.1, -0.05) is 12.1 Å². The molecule has 0 bridgehead atoms. The first-order chi connectivity index (χ1) is 13.7. The zero-order valence-electron chi connectivity index (χ0n) is 16.1. The van der Waals surface area contributed by atoms with Gasteiger partial charge in [0.1, 0.15) is 5.75 Å². The number of carbonyl (C=O) groups excluding carboxylic acids is 1. The first-order valence-corrected chi connectivity index (χ1v) is 9.22. The number of halogens is 3. The molecule has 29 heavy (non-hydrogen) atoms. The van der Waals surface area contributed by atoms with Gasteiger partial charge in [0, 0.05) is 20.1 Å². The van der Waals surface area contributed by atoms with Crippen LogP contribution in [-0.2, 0) is 13.2 Å². The van der Waals surface area contributed by atoms with E-state index in [1.807, 2.05) is 6.92 Å². The molecule has 158 valence electrons. The van der Waals surface area contributed by atoms with Gasteiger partial charge in [0.2, 0.25) is 5.82 Å². The van der Waals surface area contributed by atoms with Crippen molar-refractivity contribution in [2.24, 2.45) is 7.05 Å². The van der Waals surface area contributed by atoms with Crippen molar-refractivity contribution in [2.75, 3.05) is 25.0 Å². The van der Waals surface area contributed by atoms with Crippen molar-refractivity contribution in [2.45, 2.75) is 32.0 Å². The van der Waals surface area contributed by atoms with Crippen LogP contribution >= 0.6 is 0 Å². The monoisotopic (exact) mass is 413 g/mol. The molecule has 0 unspecified atom stereocenters. The van der Waals surface area contributed by atoms with Crippen molar-refractivity contribution in [3.8, 4) is 5.75 Å². The van der Waals surface area contributed by atoms with Crippen LogP contribution in [0.4, 0.5) is 23.7 Å². The lowest BCUT2D eigenvalue weighted by Crippen LogP contribution is -2.43. The van der Waals surface area contributed by atoms with Crippen LogP contribution < -0.4 is 15.7 Å². The average Bonchev–Trinajstić information content (AvgIpc) is 2.99. The lowest BCUT2D eigenvalue weighted by Gasteiger charge is -2.31. The molecule has 3 rings (SSSR count). The standard InChI is InChI=1S/C18H22F3N5O3/c1-3-29-14-7-5-4-6-13(14)22-16(27)25-10-8-12(9-11-25)26-17(28)24(2)15(23-26)18(19,20)21/h4-7,12H,3,8-11H2,1-2H3,(H,22,27). The van der Waals surface area contributed by atoms with E-state index in [0.29, 0.717) is 35.5 Å². The number of para-hydroxylation sites is 2. The second-order valence-corrected chi connectivity index (χ2v) is 6.69. The molecule has 1 saturated heterocycles. The van der Waals surface area contributed by atoms with Crippen LogP contribution in [0.15, 0.2) is 29.1 Å². The Bertz CT molecular complexity index is 930. The molecule has 1 aromatic carbocycles. The molecular formula is C18H22F3N5O3. The maximum absolute atomic E-state index is 13.0. The lowest BCUT2D eigenvalue weighted by molar-refractivity contribution is -0.147. The predicted molar refractivity (Wildman–Crippen MR) is 98.9 cm³/mol. The summed E-state index contributed by atoms with van der Waals surface area (Å²) in [4.78, 5) is 26.2. The number of nitrogens with zero attached hydrogens (tertiary/aromatic N) is 4. The van der Waals surface area contributed by atoms with E-state index in [-0.39, 0.29) is 19.1 Å². The molecule has 8 nitrogen and oxygen atoms in total. The number of aromatic nitrogens is 3. The number of ether oxygens (including phenoxy) is 1. The zero-order valence-corrected chi connectivity index (χ0v) is 16.1. The van der Waals surface area contributed by atoms with Gasteiger partial charge < -0.3 is 15.0 Å². The summed E-state index contributed by atoms with van der Waals surface area (Å²) in [5.41, 5.74) is -0.275. The van der Waals surface area contributed by atoms with E-state index in [1.165, 1.54) is 0 Å². The van der Waals surface area contributed by atoms with Crippen molar-refractivity contribution in [1.29, 1.82) is 0 Å². The molecule has 1 aromatic heterocycles. The molecule has 11 heteroatoms. The second-order valence-electron chi connectivity index (χ2n) is 6.69. The smallest absolute Gasteiger partial charge is 0.451 e. The Labute approximate surface area is 164 Å². The number of hydrogen-bond donors (Lipinski definition) is 1. The Morgan fingerprint density at radius 3 is 2.52 bits per heavy atom. The Kier molecular flexibility index (Phi) is 5.85. The maximum atomic E-state index is 13.0. The highest BCUT2D eigenvalue weighted by atomic mass is 19.4. The third-order valence-electron chi connectivity index (χ3n) is 4.78. The van der Waals surface area contributed by atoms with Crippen LogP contribution in [0.25, 0.3) is 0 Å². The van der Waals surface area contributed by atoms with E-state index in [2.05, 4.69) is 10.4 Å². The van der Waals surface area contributed by atoms with Crippen molar-refractivity contribution in [3.63, 3.8) is 0 Å². The number of alkyl halides is 3. The van der Waals surface area contributed by atoms with Crippen molar-refractivity contribution in [3.05, 3.63) is 40.6 Å². The molecule has 0 saturated carbocycles. The SMILES string of the molecule is CCOc1ccccc1NC(=O)N1CCC(n2nc(C(F)(F)F)n(C)c2=O)CC1. The quantitative estimate of drug-likeness (QED) is 0.836. The van der Waals surface area contributed by atoms with E-state index >= 15 is 0 Å². The van der Waals surface area contributed by atoms with Crippen LogP contribution in [0.2, 0.25) is 0 Å². The van der Waals surface area contributed by atoms with Gasteiger partial charge in [-0.2, -0.15) is 13.2 Å². The highest BCUT2D eigenvalue weighted by molar-refractivity contribution is 5.91. The van der Waals surface area contributed by atoms with E-state index in [4.69, 9.17) is 4.74 Å². The summed E-state index contributed by atoms with van der Waals surface area (Å²) in [6.45, 7) is 2.87. The summed E-state index contributed by atoms with van der Waals surface area (Å²) >= 11 is 0. The topological polar surface area (TPSA) is 81.4 Å². The number of rotatable bonds is 4. The molecular weight excluding hydrogens is 391 g/mol. The molecule has 1 N–H and O–H groups in total. The average molecular weight is 413 g/mol. The normalized spacial score (nSPS) is 15.4. The Morgan fingerprint density at radius 2 is 1.93 bits per heavy atom. The van der Waals surface area contributed by atoms with Crippen LogP contribution in [0.1, 0.15) is 31.6 Å². The fourth-order valence-electron chi connectivity index (χ4n) is 3.30. The molecule has 2 aromatic rings. The summed E-state index contributed by atoms with van der Waals surface area (Å²) in [5, 5.41) is 6.27. The van der Waals surface area contributed by atoms with Gasteiger partial charge in [-0.15, -0.1) is 5.10 Å². The highest BCUT2D eigenvalue weighted by Crippen LogP contribution is 2.29. The largest absolute Gasteiger partial charge is 0.492 e. The Morgan fingerprint density at radius 1 is 1.28 bits per heavy atom. The fraction of sp³-hybridized carbons (Fsp3) is 0.500. The van der Waals surface area contributed by atoms with Gasteiger partial charge >= 0.3 is 17.9 Å². The summed E-state index contributed by atoms with van der Waals surface area (Å²) in [6, 6.07) is 6.21. The summed E-state index contributed by atoms with van der Waals surface area (Å²) in [5.74, 6) is -0.673. The Balaban J connectivity index is 1.66. The minimum absolute atomic E-state index is 0.289. The van der Waals surface area contributed by atoms with Gasteiger partial charge in [0.25, 0.3) is 0 Å². The molecule has 0 aliphatic carbocycles. The van der Waals surface area contributed by atoms with Gasteiger partial charge in [-0.05, 0) is 31.9 Å². The molecule has 1 aliphatic rings. The van der Waals surface area contributed by atoms with Crippen molar-refractivity contribution in [1.82, 2.24) is 19.2 Å². The van der Waals surface area contributed by atoms with Gasteiger partial charge in [-0.3, -0.25) is 4.57 Å².